The van der Waals surface area contributed by atoms with Crippen molar-refractivity contribution in [3.8, 4) is 0 Å². The zero-order valence-electron chi connectivity index (χ0n) is 11.1. The maximum Gasteiger partial charge on any atom is 0.195 e. The fourth-order valence-corrected chi connectivity index (χ4v) is 2.57. The van der Waals surface area contributed by atoms with Gasteiger partial charge in [-0.2, -0.15) is 0 Å². The van der Waals surface area contributed by atoms with Crippen LogP contribution in [0.3, 0.4) is 0 Å². The molecule has 98 valence electrons. The fraction of sp³-hybridized carbons (Fsp3) is 0.538. The van der Waals surface area contributed by atoms with Crippen LogP contribution in [0.2, 0.25) is 0 Å². The number of nitrogens with one attached hydrogen (secondary N) is 1. The summed E-state index contributed by atoms with van der Waals surface area (Å²) in [6.45, 7) is 7.64. The maximum absolute atomic E-state index is 4.22. The Balaban J connectivity index is 1.90. The second-order valence-electron chi connectivity index (χ2n) is 4.89. The minimum atomic E-state index is 0.548. The molecule has 0 aliphatic carbocycles. The SMILES string of the molecule is CC(CNC(C)C)CSc1nnc2ccccn12. The number of pyridine rings is 1. The molecule has 1 unspecified atom stereocenters. The lowest BCUT2D eigenvalue weighted by atomic mass is 10.2. The first-order valence-corrected chi connectivity index (χ1v) is 7.31. The third-order valence-electron chi connectivity index (χ3n) is 2.65. The molecule has 1 atom stereocenters. The largest absolute Gasteiger partial charge is 0.314 e. The first-order chi connectivity index (χ1) is 8.66. The van der Waals surface area contributed by atoms with Crippen LogP contribution in [0, 0.1) is 5.92 Å². The summed E-state index contributed by atoms with van der Waals surface area (Å²) in [6, 6.07) is 6.50. The normalized spacial score (nSPS) is 13.3. The Morgan fingerprint density at radius 3 is 2.89 bits per heavy atom. The molecule has 0 aliphatic heterocycles. The van der Waals surface area contributed by atoms with E-state index in [0.717, 1.165) is 23.1 Å². The highest BCUT2D eigenvalue weighted by molar-refractivity contribution is 7.99. The van der Waals surface area contributed by atoms with Crippen molar-refractivity contribution in [1.82, 2.24) is 19.9 Å². The molecule has 2 rings (SSSR count). The van der Waals surface area contributed by atoms with Gasteiger partial charge < -0.3 is 5.32 Å². The van der Waals surface area contributed by atoms with Crippen LogP contribution in [0.25, 0.3) is 5.65 Å². The molecule has 0 radical (unpaired) electrons. The zero-order valence-corrected chi connectivity index (χ0v) is 11.9. The van der Waals surface area contributed by atoms with E-state index in [0.29, 0.717) is 12.0 Å². The lowest BCUT2D eigenvalue weighted by Crippen LogP contribution is -2.28. The van der Waals surface area contributed by atoms with Crippen molar-refractivity contribution in [2.75, 3.05) is 12.3 Å². The van der Waals surface area contributed by atoms with Crippen molar-refractivity contribution >= 4 is 17.4 Å². The molecule has 0 bridgehead atoms. The van der Waals surface area contributed by atoms with E-state index in [1.165, 1.54) is 0 Å². The molecule has 0 aliphatic rings. The minimum Gasteiger partial charge on any atom is -0.314 e. The summed E-state index contributed by atoms with van der Waals surface area (Å²) in [6.07, 6.45) is 2.01. The van der Waals surface area contributed by atoms with E-state index in [9.17, 15) is 0 Å². The van der Waals surface area contributed by atoms with Crippen molar-refractivity contribution in [2.45, 2.75) is 32.0 Å². The highest BCUT2D eigenvalue weighted by Crippen LogP contribution is 2.19. The van der Waals surface area contributed by atoms with E-state index in [4.69, 9.17) is 0 Å². The number of fused-ring (bicyclic) bond motifs is 1. The van der Waals surface area contributed by atoms with Gasteiger partial charge in [0, 0.05) is 18.0 Å². The molecule has 18 heavy (non-hydrogen) atoms. The van der Waals surface area contributed by atoms with Crippen LogP contribution in [0.5, 0.6) is 0 Å². The second-order valence-corrected chi connectivity index (χ2v) is 5.88. The van der Waals surface area contributed by atoms with Crippen molar-refractivity contribution in [3.63, 3.8) is 0 Å². The fourth-order valence-electron chi connectivity index (χ4n) is 1.63. The first kappa shape index (κ1) is 13.4. The van der Waals surface area contributed by atoms with Crippen molar-refractivity contribution in [3.05, 3.63) is 24.4 Å². The molecule has 0 fully saturated rings. The number of nitrogens with zero attached hydrogens (tertiary/aromatic N) is 3. The van der Waals surface area contributed by atoms with Crippen LogP contribution in [-0.2, 0) is 0 Å². The summed E-state index contributed by atoms with van der Waals surface area (Å²) < 4.78 is 2.03. The van der Waals surface area contributed by atoms with Gasteiger partial charge in [0.25, 0.3) is 0 Å². The van der Waals surface area contributed by atoms with Gasteiger partial charge in [-0.15, -0.1) is 10.2 Å². The number of hydrogen-bond donors (Lipinski definition) is 1. The Morgan fingerprint density at radius 2 is 2.11 bits per heavy atom. The average molecular weight is 264 g/mol. The Hall–Kier alpha value is -1.07. The third-order valence-corrected chi connectivity index (χ3v) is 3.93. The number of aromatic nitrogens is 3. The molecule has 0 spiro atoms. The number of rotatable bonds is 6. The van der Waals surface area contributed by atoms with E-state index >= 15 is 0 Å². The summed E-state index contributed by atoms with van der Waals surface area (Å²) >= 11 is 1.77. The quantitative estimate of drug-likeness (QED) is 0.814. The van der Waals surface area contributed by atoms with Crippen molar-refractivity contribution in [2.24, 2.45) is 5.92 Å². The molecule has 4 nitrogen and oxygen atoms in total. The lowest BCUT2D eigenvalue weighted by Gasteiger charge is -2.13. The molecule has 1 N–H and O–H groups in total. The number of thioether (sulfide) groups is 1. The highest BCUT2D eigenvalue weighted by atomic mass is 32.2. The van der Waals surface area contributed by atoms with Gasteiger partial charge in [-0.05, 0) is 24.6 Å². The predicted octanol–water partition coefficient (Wildman–Crippen LogP) is 2.46. The van der Waals surface area contributed by atoms with Crippen molar-refractivity contribution < 1.29 is 0 Å². The highest BCUT2D eigenvalue weighted by Gasteiger charge is 2.08. The third kappa shape index (κ3) is 3.46. The van der Waals surface area contributed by atoms with E-state index in [-0.39, 0.29) is 0 Å². The predicted molar refractivity (Wildman–Crippen MR) is 76.0 cm³/mol. The Labute approximate surface area is 112 Å². The van der Waals surface area contributed by atoms with Gasteiger partial charge in [0.05, 0.1) is 0 Å². The van der Waals surface area contributed by atoms with Crippen LogP contribution in [0.15, 0.2) is 29.6 Å². The smallest absolute Gasteiger partial charge is 0.195 e. The summed E-state index contributed by atoms with van der Waals surface area (Å²) in [5, 5.41) is 12.8. The molecular weight excluding hydrogens is 244 g/mol. The zero-order chi connectivity index (χ0) is 13.0. The molecule has 0 aromatic carbocycles. The van der Waals surface area contributed by atoms with Gasteiger partial charge >= 0.3 is 0 Å². The monoisotopic (exact) mass is 264 g/mol. The van der Waals surface area contributed by atoms with Gasteiger partial charge in [0.15, 0.2) is 10.8 Å². The summed E-state index contributed by atoms with van der Waals surface area (Å²) in [4.78, 5) is 0. The Morgan fingerprint density at radius 1 is 1.28 bits per heavy atom. The Bertz CT molecular complexity index is 494. The second kappa shape index (κ2) is 6.20. The topological polar surface area (TPSA) is 42.2 Å². The van der Waals surface area contributed by atoms with Crippen molar-refractivity contribution in [1.29, 1.82) is 0 Å². The maximum atomic E-state index is 4.22. The Kier molecular flexibility index (Phi) is 4.60. The van der Waals surface area contributed by atoms with Crippen LogP contribution in [0.1, 0.15) is 20.8 Å². The molecule has 0 amide bonds. The molecule has 5 heteroatoms. The van der Waals surface area contributed by atoms with E-state index < -0.39 is 0 Å². The molecule has 2 aromatic heterocycles. The van der Waals surface area contributed by atoms with Gasteiger partial charge in [0.2, 0.25) is 0 Å². The molecule has 2 aromatic rings. The van der Waals surface area contributed by atoms with Crippen LogP contribution in [-0.4, -0.2) is 32.9 Å². The van der Waals surface area contributed by atoms with Crippen LogP contribution in [0.4, 0.5) is 0 Å². The minimum absolute atomic E-state index is 0.548. The van der Waals surface area contributed by atoms with E-state index in [1.807, 2.05) is 28.8 Å². The lowest BCUT2D eigenvalue weighted by molar-refractivity contribution is 0.510. The molecule has 0 saturated carbocycles. The average Bonchev–Trinajstić information content (AvgIpc) is 2.77. The van der Waals surface area contributed by atoms with E-state index in [1.54, 1.807) is 11.8 Å². The van der Waals surface area contributed by atoms with Gasteiger partial charge in [-0.25, -0.2) is 0 Å². The summed E-state index contributed by atoms with van der Waals surface area (Å²) in [5.74, 6) is 1.67. The summed E-state index contributed by atoms with van der Waals surface area (Å²) in [5.41, 5.74) is 0.910. The summed E-state index contributed by atoms with van der Waals surface area (Å²) in [7, 11) is 0. The van der Waals surface area contributed by atoms with Gasteiger partial charge in [0.1, 0.15) is 0 Å². The van der Waals surface area contributed by atoms with Gasteiger partial charge in [-0.1, -0.05) is 38.6 Å². The number of hydrogen-bond acceptors (Lipinski definition) is 4. The standard InChI is InChI=1S/C13H20N4S/c1-10(2)14-8-11(3)9-18-13-16-15-12-6-4-5-7-17(12)13/h4-7,10-11,14H,8-9H2,1-3H3. The molecular formula is C13H20N4S. The molecule has 2 heterocycles. The first-order valence-electron chi connectivity index (χ1n) is 6.32. The van der Waals surface area contributed by atoms with Crippen LogP contribution >= 0.6 is 11.8 Å². The van der Waals surface area contributed by atoms with Gasteiger partial charge in [-0.3, -0.25) is 4.40 Å². The molecule has 0 saturated heterocycles. The van der Waals surface area contributed by atoms with Crippen LogP contribution < -0.4 is 5.32 Å². The van der Waals surface area contributed by atoms with E-state index in [2.05, 4.69) is 36.3 Å².